The minimum atomic E-state index is 0.518. The highest BCUT2D eigenvalue weighted by Crippen LogP contribution is 2.33. The lowest BCUT2D eigenvalue weighted by atomic mass is 10.2. The van der Waals surface area contributed by atoms with E-state index in [0.717, 1.165) is 32.6 Å². The second kappa shape index (κ2) is 5.37. The van der Waals surface area contributed by atoms with E-state index in [9.17, 15) is 0 Å². The van der Waals surface area contributed by atoms with E-state index in [1.165, 1.54) is 0 Å². The monoisotopic (exact) mass is 264 g/mol. The van der Waals surface area contributed by atoms with Crippen LogP contribution in [0.2, 0.25) is 0 Å². The number of methoxy groups -OCH3 is 2. The molecule has 5 heteroatoms. The van der Waals surface area contributed by atoms with E-state index < -0.39 is 0 Å². The highest BCUT2D eigenvalue weighted by Gasteiger charge is 2.10. The summed E-state index contributed by atoms with van der Waals surface area (Å²) in [5.74, 6) is 1.51. The third kappa shape index (κ3) is 2.47. The van der Waals surface area contributed by atoms with Gasteiger partial charge < -0.3 is 15.2 Å². The Bertz CT molecular complexity index is 530. The zero-order valence-electron chi connectivity index (χ0n) is 10.7. The number of nitrogens with two attached hydrogens (primary N) is 1. The average molecular weight is 264 g/mol. The maximum Gasteiger partial charge on any atom is 0.124 e. The standard InChI is InChI=1S/C13H16N2O2S/c1-8-12(7-14)18-13(15-8)9-4-10(16-2)6-11(5-9)17-3/h4-6H,7,14H2,1-3H3. The van der Waals surface area contributed by atoms with Gasteiger partial charge in [-0.25, -0.2) is 4.98 Å². The van der Waals surface area contributed by atoms with Crippen molar-refractivity contribution in [2.45, 2.75) is 13.5 Å². The molecule has 18 heavy (non-hydrogen) atoms. The largest absolute Gasteiger partial charge is 0.497 e. The molecular formula is C13H16N2O2S. The van der Waals surface area contributed by atoms with Gasteiger partial charge in [0.15, 0.2) is 0 Å². The van der Waals surface area contributed by atoms with Gasteiger partial charge in [-0.2, -0.15) is 0 Å². The normalized spacial score (nSPS) is 10.4. The van der Waals surface area contributed by atoms with Gasteiger partial charge in [0.25, 0.3) is 0 Å². The van der Waals surface area contributed by atoms with E-state index in [-0.39, 0.29) is 0 Å². The van der Waals surface area contributed by atoms with Crippen LogP contribution in [0.15, 0.2) is 18.2 Å². The first-order valence-electron chi connectivity index (χ1n) is 5.57. The van der Waals surface area contributed by atoms with Crippen LogP contribution in [0.5, 0.6) is 11.5 Å². The Morgan fingerprint density at radius 1 is 1.17 bits per heavy atom. The molecule has 0 aliphatic heterocycles. The minimum Gasteiger partial charge on any atom is -0.497 e. The molecule has 0 aliphatic rings. The van der Waals surface area contributed by atoms with Gasteiger partial charge in [-0.15, -0.1) is 11.3 Å². The molecule has 96 valence electrons. The fraction of sp³-hybridized carbons (Fsp3) is 0.308. The summed E-state index contributed by atoms with van der Waals surface area (Å²) in [7, 11) is 3.27. The van der Waals surface area contributed by atoms with E-state index in [1.54, 1.807) is 25.6 Å². The summed E-state index contributed by atoms with van der Waals surface area (Å²) >= 11 is 1.60. The van der Waals surface area contributed by atoms with Crippen LogP contribution < -0.4 is 15.2 Å². The van der Waals surface area contributed by atoms with Gasteiger partial charge >= 0.3 is 0 Å². The summed E-state index contributed by atoms with van der Waals surface area (Å²) in [5.41, 5.74) is 7.65. The fourth-order valence-corrected chi connectivity index (χ4v) is 2.60. The van der Waals surface area contributed by atoms with Crippen molar-refractivity contribution in [1.29, 1.82) is 0 Å². The Kier molecular flexibility index (Phi) is 3.84. The van der Waals surface area contributed by atoms with Crippen molar-refractivity contribution in [1.82, 2.24) is 4.98 Å². The maximum absolute atomic E-state index is 5.68. The van der Waals surface area contributed by atoms with Crippen LogP contribution in [0, 0.1) is 6.92 Å². The Morgan fingerprint density at radius 3 is 2.22 bits per heavy atom. The van der Waals surface area contributed by atoms with Gasteiger partial charge in [0.1, 0.15) is 16.5 Å². The third-order valence-corrected chi connectivity index (χ3v) is 3.91. The van der Waals surface area contributed by atoms with Gasteiger partial charge in [0.05, 0.1) is 19.9 Å². The van der Waals surface area contributed by atoms with Crippen LogP contribution >= 0.6 is 11.3 Å². The van der Waals surface area contributed by atoms with Gasteiger partial charge in [-0.05, 0) is 19.1 Å². The highest BCUT2D eigenvalue weighted by atomic mass is 32.1. The summed E-state index contributed by atoms with van der Waals surface area (Å²) in [6, 6.07) is 5.73. The van der Waals surface area contributed by atoms with E-state index in [4.69, 9.17) is 15.2 Å². The topological polar surface area (TPSA) is 57.4 Å². The van der Waals surface area contributed by atoms with Crippen molar-refractivity contribution in [2.24, 2.45) is 5.73 Å². The number of aryl methyl sites for hydroxylation is 1. The molecule has 4 nitrogen and oxygen atoms in total. The molecule has 0 amide bonds. The molecule has 0 atom stereocenters. The van der Waals surface area contributed by atoms with Gasteiger partial charge in [0.2, 0.25) is 0 Å². The molecule has 1 aromatic heterocycles. The lowest BCUT2D eigenvalue weighted by Crippen LogP contribution is -1.94. The van der Waals surface area contributed by atoms with Crippen molar-refractivity contribution in [3.05, 3.63) is 28.8 Å². The Balaban J connectivity index is 2.48. The molecule has 0 saturated carbocycles. The predicted octanol–water partition coefficient (Wildman–Crippen LogP) is 2.59. The molecule has 2 aromatic rings. The molecule has 0 aliphatic carbocycles. The zero-order valence-corrected chi connectivity index (χ0v) is 11.5. The van der Waals surface area contributed by atoms with Gasteiger partial charge in [-0.3, -0.25) is 0 Å². The number of nitrogens with zero attached hydrogens (tertiary/aromatic N) is 1. The van der Waals surface area contributed by atoms with Crippen LogP contribution in [-0.2, 0) is 6.54 Å². The number of hydrogen-bond acceptors (Lipinski definition) is 5. The second-order valence-corrected chi connectivity index (χ2v) is 4.92. The molecule has 2 N–H and O–H groups in total. The molecule has 0 unspecified atom stereocenters. The number of rotatable bonds is 4. The molecular weight excluding hydrogens is 248 g/mol. The molecule has 0 saturated heterocycles. The smallest absolute Gasteiger partial charge is 0.124 e. The van der Waals surface area contributed by atoms with Crippen LogP contribution in [-0.4, -0.2) is 19.2 Å². The number of ether oxygens (including phenoxy) is 2. The molecule has 0 fully saturated rings. The number of aromatic nitrogens is 1. The van der Waals surface area contributed by atoms with Crippen LogP contribution in [0.4, 0.5) is 0 Å². The maximum atomic E-state index is 5.68. The minimum absolute atomic E-state index is 0.518. The summed E-state index contributed by atoms with van der Waals surface area (Å²) < 4.78 is 10.5. The highest BCUT2D eigenvalue weighted by molar-refractivity contribution is 7.15. The van der Waals surface area contributed by atoms with Crippen molar-refractivity contribution < 1.29 is 9.47 Å². The molecule has 0 spiro atoms. The molecule has 1 aromatic carbocycles. The molecule has 0 radical (unpaired) electrons. The SMILES string of the molecule is COc1cc(OC)cc(-c2nc(C)c(CN)s2)c1. The van der Waals surface area contributed by atoms with Gasteiger partial charge in [0, 0.05) is 23.1 Å². The molecule has 1 heterocycles. The van der Waals surface area contributed by atoms with Crippen LogP contribution in [0.3, 0.4) is 0 Å². The van der Waals surface area contributed by atoms with E-state index in [2.05, 4.69) is 4.98 Å². The van der Waals surface area contributed by atoms with Crippen molar-refractivity contribution in [2.75, 3.05) is 14.2 Å². The Labute approximate surface area is 110 Å². The molecule has 2 rings (SSSR count). The molecule has 0 bridgehead atoms. The van der Waals surface area contributed by atoms with Gasteiger partial charge in [-0.1, -0.05) is 0 Å². The Hall–Kier alpha value is -1.59. The first-order valence-corrected chi connectivity index (χ1v) is 6.39. The second-order valence-electron chi connectivity index (χ2n) is 3.83. The number of thiazole rings is 1. The predicted molar refractivity (Wildman–Crippen MR) is 73.3 cm³/mol. The lowest BCUT2D eigenvalue weighted by molar-refractivity contribution is 0.394. The Morgan fingerprint density at radius 2 is 1.78 bits per heavy atom. The summed E-state index contributed by atoms with van der Waals surface area (Å²) in [5, 5.41) is 0.935. The van der Waals surface area contributed by atoms with Crippen molar-refractivity contribution >= 4 is 11.3 Å². The number of hydrogen-bond donors (Lipinski definition) is 1. The van der Waals surface area contributed by atoms with Crippen LogP contribution in [0.1, 0.15) is 10.6 Å². The average Bonchev–Trinajstić information content (AvgIpc) is 2.79. The fourth-order valence-electron chi connectivity index (χ4n) is 1.67. The van der Waals surface area contributed by atoms with Crippen molar-refractivity contribution in [3.63, 3.8) is 0 Å². The quantitative estimate of drug-likeness (QED) is 0.922. The van der Waals surface area contributed by atoms with E-state index >= 15 is 0 Å². The van der Waals surface area contributed by atoms with E-state index in [1.807, 2.05) is 25.1 Å². The number of benzene rings is 1. The summed E-state index contributed by atoms with van der Waals surface area (Å²) in [6.45, 7) is 2.49. The lowest BCUT2D eigenvalue weighted by Gasteiger charge is -2.06. The first kappa shape index (κ1) is 12.9. The third-order valence-electron chi connectivity index (χ3n) is 2.68. The zero-order chi connectivity index (χ0) is 13.1. The summed E-state index contributed by atoms with van der Waals surface area (Å²) in [4.78, 5) is 5.63. The first-order chi connectivity index (χ1) is 8.67. The van der Waals surface area contributed by atoms with Crippen LogP contribution in [0.25, 0.3) is 10.6 Å². The summed E-state index contributed by atoms with van der Waals surface area (Å²) in [6.07, 6.45) is 0. The van der Waals surface area contributed by atoms with Crippen molar-refractivity contribution in [3.8, 4) is 22.1 Å². The van der Waals surface area contributed by atoms with E-state index in [0.29, 0.717) is 6.54 Å².